The molecule has 1 amide bonds. The van der Waals surface area contributed by atoms with E-state index >= 15 is 0 Å². The Kier molecular flexibility index (Phi) is 5.67. The van der Waals surface area contributed by atoms with Crippen LogP contribution in [0.5, 0.6) is 11.5 Å². The Labute approximate surface area is 198 Å². The number of para-hydroxylation sites is 1. The Morgan fingerprint density at radius 2 is 1.97 bits per heavy atom. The third-order valence-electron chi connectivity index (χ3n) is 5.37. The maximum atomic E-state index is 13.3. The van der Waals surface area contributed by atoms with Gasteiger partial charge in [-0.05, 0) is 30.3 Å². The van der Waals surface area contributed by atoms with Gasteiger partial charge in [-0.3, -0.25) is 9.78 Å². The first kappa shape index (κ1) is 21.1. The number of halogens is 2. The molecule has 5 rings (SSSR count). The van der Waals surface area contributed by atoms with Crippen LogP contribution in [-0.2, 0) is 0 Å². The van der Waals surface area contributed by atoms with Crippen molar-refractivity contribution in [3.05, 3.63) is 75.2 Å². The fourth-order valence-electron chi connectivity index (χ4n) is 3.97. The van der Waals surface area contributed by atoms with Gasteiger partial charge in [0, 0.05) is 39.2 Å². The molecule has 1 aliphatic heterocycles. The first-order valence-electron chi connectivity index (χ1n) is 9.99. The van der Waals surface area contributed by atoms with Gasteiger partial charge in [-0.25, -0.2) is 0 Å². The van der Waals surface area contributed by atoms with Gasteiger partial charge in [0.25, 0.3) is 5.91 Å². The maximum absolute atomic E-state index is 13.3. The number of hydrogen-bond acceptors (Lipinski definition) is 5. The lowest BCUT2D eigenvalue weighted by atomic mass is 10.0. The normalized spacial score (nSPS) is 15.2. The van der Waals surface area contributed by atoms with E-state index in [0.29, 0.717) is 39.4 Å². The zero-order chi connectivity index (χ0) is 22.2. The van der Waals surface area contributed by atoms with Gasteiger partial charge in [0.15, 0.2) is 0 Å². The van der Waals surface area contributed by atoms with Crippen molar-refractivity contribution in [2.45, 2.75) is 12.5 Å². The molecule has 0 unspecified atom stereocenters. The van der Waals surface area contributed by atoms with E-state index in [0.717, 1.165) is 27.0 Å². The zero-order valence-electron chi connectivity index (χ0n) is 17.0. The number of methoxy groups -OCH3 is 1. The van der Waals surface area contributed by atoms with E-state index in [-0.39, 0.29) is 11.9 Å². The molecule has 1 N–H and O–H groups in total. The summed E-state index contributed by atoms with van der Waals surface area (Å²) < 4.78 is 12.2. The molecule has 5 nitrogen and oxygen atoms in total. The van der Waals surface area contributed by atoms with Crippen LogP contribution in [0.3, 0.4) is 0 Å². The molecule has 3 heterocycles. The predicted molar refractivity (Wildman–Crippen MR) is 128 cm³/mol. The van der Waals surface area contributed by atoms with Crippen molar-refractivity contribution in [3.63, 3.8) is 0 Å². The third kappa shape index (κ3) is 3.79. The summed E-state index contributed by atoms with van der Waals surface area (Å²) in [6.45, 7) is 0.551. The van der Waals surface area contributed by atoms with Crippen LogP contribution in [0.4, 0.5) is 0 Å². The van der Waals surface area contributed by atoms with Crippen LogP contribution in [0.25, 0.3) is 21.3 Å². The Balaban J connectivity index is 1.56. The molecule has 0 aliphatic carbocycles. The van der Waals surface area contributed by atoms with Crippen molar-refractivity contribution in [2.24, 2.45) is 0 Å². The summed E-state index contributed by atoms with van der Waals surface area (Å²) in [5.41, 5.74) is 2.45. The number of ether oxygens (including phenoxy) is 2. The van der Waals surface area contributed by atoms with Gasteiger partial charge in [-0.1, -0.05) is 41.4 Å². The fourth-order valence-corrected chi connectivity index (χ4v) is 5.67. The molecular weight excluding hydrogens is 467 g/mol. The molecule has 0 radical (unpaired) electrons. The van der Waals surface area contributed by atoms with E-state index < -0.39 is 0 Å². The number of carbonyl (C=O) groups is 1. The van der Waals surface area contributed by atoms with Crippen molar-refractivity contribution >= 4 is 50.5 Å². The molecule has 0 spiro atoms. The van der Waals surface area contributed by atoms with Crippen LogP contribution in [0.1, 0.15) is 27.7 Å². The third-order valence-corrected chi connectivity index (χ3v) is 7.00. The topological polar surface area (TPSA) is 60.5 Å². The zero-order valence-corrected chi connectivity index (χ0v) is 19.4. The second-order valence-electron chi connectivity index (χ2n) is 7.36. The summed E-state index contributed by atoms with van der Waals surface area (Å²) in [4.78, 5) is 18.4. The second kappa shape index (κ2) is 8.62. The molecule has 2 aromatic heterocycles. The highest BCUT2D eigenvalue weighted by Gasteiger charge is 2.27. The second-order valence-corrected chi connectivity index (χ2v) is 9.25. The number of hydrogen-bond donors (Lipinski definition) is 1. The minimum absolute atomic E-state index is 0.133. The lowest BCUT2D eigenvalue weighted by molar-refractivity contribution is 0.0926. The average molecular weight is 485 g/mol. The van der Waals surface area contributed by atoms with E-state index in [1.807, 2.05) is 30.3 Å². The van der Waals surface area contributed by atoms with Crippen molar-refractivity contribution in [2.75, 3.05) is 13.7 Å². The van der Waals surface area contributed by atoms with Crippen LogP contribution < -0.4 is 14.8 Å². The van der Waals surface area contributed by atoms with Gasteiger partial charge in [-0.15, -0.1) is 11.3 Å². The van der Waals surface area contributed by atoms with Crippen LogP contribution in [0, 0.1) is 0 Å². The quantitative estimate of drug-likeness (QED) is 0.357. The van der Waals surface area contributed by atoms with Crippen LogP contribution in [-0.4, -0.2) is 24.6 Å². The number of benzene rings is 2. The molecule has 0 saturated heterocycles. The smallest absolute Gasteiger partial charge is 0.265 e. The van der Waals surface area contributed by atoms with Crippen LogP contribution in [0.2, 0.25) is 10.0 Å². The summed E-state index contributed by atoms with van der Waals surface area (Å²) in [6.07, 6.45) is 2.39. The van der Waals surface area contributed by atoms with Crippen LogP contribution in [0.15, 0.2) is 54.7 Å². The molecule has 8 heteroatoms. The number of aromatic nitrogens is 1. The summed E-state index contributed by atoms with van der Waals surface area (Å²) in [5.74, 6) is 1.14. The number of amides is 1. The number of thiophene rings is 1. The number of nitrogens with one attached hydrogen (secondary N) is 1. The number of rotatable bonds is 4. The Morgan fingerprint density at radius 3 is 2.75 bits per heavy atom. The van der Waals surface area contributed by atoms with E-state index in [1.165, 1.54) is 11.3 Å². The number of nitrogens with zero attached hydrogens (tertiary/aromatic N) is 1. The summed E-state index contributed by atoms with van der Waals surface area (Å²) >= 11 is 13.8. The van der Waals surface area contributed by atoms with E-state index in [4.69, 9.17) is 32.7 Å². The number of fused-ring (bicyclic) bond motifs is 2. The maximum Gasteiger partial charge on any atom is 0.265 e. The van der Waals surface area contributed by atoms with Crippen molar-refractivity contribution < 1.29 is 14.3 Å². The van der Waals surface area contributed by atoms with Crippen molar-refractivity contribution in [1.29, 1.82) is 0 Å². The molecule has 1 aliphatic rings. The van der Waals surface area contributed by atoms with E-state index in [9.17, 15) is 4.79 Å². The summed E-state index contributed by atoms with van der Waals surface area (Å²) in [5, 5.41) is 5.01. The standard InChI is InChI=1S/C24H18Cl2N2O3S/c1-30-21-17-6-8-27-20(13-10-14(25)12-15(26)11-13)22(17)32-23(21)24(29)28-18-7-9-31-19-5-3-2-4-16(18)19/h2-6,8,10-12,18H,7,9H2,1H3,(H,28,29)/t18-/m0/s1. The Morgan fingerprint density at radius 1 is 1.19 bits per heavy atom. The molecule has 1 atom stereocenters. The monoisotopic (exact) mass is 484 g/mol. The Hall–Kier alpha value is -2.80. The molecule has 0 saturated carbocycles. The first-order valence-corrected chi connectivity index (χ1v) is 11.6. The molecule has 162 valence electrons. The summed E-state index contributed by atoms with van der Waals surface area (Å²) in [7, 11) is 1.57. The molecular formula is C24H18Cl2N2O3S. The lowest BCUT2D eigenvalue weighted by Crippen LogP contribution is -2.31. The SMILES string of the molecule is COc1c(C(=O)N[C@H]2CCOc3ccccc32)sc2c(-c3cc(Cl)cc(Cl)c3)nccc12. The highest BCUT2D eigenvalue weighted by atomic mass is 35.5. The van der Waals surface area contributed by atoms with Gasteiger partial charge in [-0.2, -0.15) is 0 Å². The van der Waals surface area contributed by atoms with Gasteiger partial charge in [0.05, 0.1) is 30.2 Å². The molecule has 0 fully saturated rings. The van der Waals surface area contributed by atoms with Crippen LogP contribution >= 0.6 is 34.5 Å². The Bertz CT molecular complexity index is 1320. The number of carbonyl (C=O) groups excluding carboxylic acids is 1. The first-order chi connectivity index (χ1) is 15.5. The molecule has 2 aromatic carbocycles. The van der Waals surface area contributed by atoms with E-state index in [2.05, 4.69) is 10.3 Å². The summed E-state index contributed by atoms with van der Waals surface area (Å²) in [6, 6.07) is 14.8. The molecule has 0 bridgehead atoms. The average Bonchev–Trinajstić information content (AvgIpc) is 3.17. The van der Waals surface area contributed by atoms with Gasteiger partial charge in [0.1, 0.15) is 16.4 Å². The van der Waals surface area contributed by atoms with Gasteiger partial charge in [0.2, 0.25) is 0 Å². The largest absolute Gasteiger partial charge is 0.494 e. The highest BCUT2D eigenvalue weighted by molar-refractivity contribution is 7.21. The number of pyridine rings is 1. The highest BCUT2D eigenvalue weighted by Crippen LogP contribution is 2.43. The molecule has 32 heavy (non-hydrogen) atoms. The fraction of sp³-hybridized carbons (Fsp3) is 0.167. The minimum atomic E-state index is -0.195. The molecule has 4 aromatic rings. The van der Waals surface area contributed by atoms with E-state index in [1.54, 1.807) is 31.5 Å². The lowest BCUT2D eigenvalue weighted by Gasteiger charge is -2.26. The van der Waals surface area contributed by atoms with Crippen molar-refractivity contribution in [1.82, 2.24) is 10.3 Å². The van der Waals surface area contributed by atoms with Gasteiger partial charge < -0.3 is 14.8 Å². The van der Waals surface area contributed by atoms with Gasteiger partial charge >= 0.3 is 0 Å². The minimum Gasteiger partial charge on any atom is -0.494 e. The predicted octanol–water partition coefficient (Wildman–Crippen LogP) is 6.53. The van der Waals surface area contributed by atoms with Crippen molar-refractivity contribution in [3.8, 4) is 22.8 Å².